The standard InChI is InChI=1S/C7H8N4O3S/c1-15(13,14)7-9-3-4-2-8-6(12)10-5(4)11-7/h3H,2H2,1H3,(H2,8,9,10,11,12). The Bertz CT molecular complexity index is 525. The number of hydrogen-bond donors (Lipinski definition) is 2. The molecular weight excluding hydrogens is 220 g/mol. The van der Waals surface area contributed by atoms with Gasteiger partial charge in [-0.15, -0.1) is 0 Å². The van der Waals surface area contributed by atoms with Crippen molar-refractivity contribution in [1.29, 1.82) is 0 Å². The van der Waals surface area contributed by atoms with Crippen LogP contribution in [0.15, 0.2) is 11.4 Å². The van der Waals surface area contributed by atoms with Crippen LogP contribution in [0.3, 0.4) is 0 Å². The molecule has 1 aromatic heterocycles. The van der Waals surface area contributed by atoms with Crippen molar-refractivity contribution in [2.45, 2.75) is 11.7 Å². The van der Waals surface area contributed by atoms with Crippen molar-refractivity contribution in [3.05, 3.63) is 11.8 Å². The number of fused-ring (bicyclic) bond motifs is 1. The van der Waals surface area contributed by atoms with E-state index in [1.54, 1.807) is 0 Å². The maximum Gasteiger partial charge on any atom is 0.320 e. The van der Waals surface area contributed by atoms with Crippen LogP contribution in [-0.4, -0.2) is 30.7 Å². The SMILES string of the molecule is CS(=O)(=O)c1ncc2c(n1)NC(=O)NC2. The largest absolute Gasteiger partial charge is 0.334 e. The van der Waals surface area contributed by atoms with Crippen LogP contribution < -0.4 is 10.6 Å². The zero-order valence-electron chi connectivity index (χ0n) is 7.81. The summed E-state index contributed by atoms with van der Waals surface area (Å²) in [6.07, 6.45) is 2.39. The average molecular weight is 228 g/mol. The fourth-order valence-electron chi connectivity index (χ4n) is 1.13. The highest BCUT2D eigenvalue weighted by Gasteiger charge is 2.19. The van der Waals surface area contributed by atoms with Gasteiger partial charge in [-0.25, -0.2) is 23.2 Å². The van der Waals surface area contributed by atoms with Crippen LogP contribution in [0.4, 0.5) is 10.6 Å². The first-order valence-electron chi connectivity index (χ1n) is 4.07. The highest BCUT2D eigenvalue weighted by Crippen LogP contribution is 2.16. The number of urea groups is 1. The molecule has 0 saturated heterocycles. The van der Waals surface area contributed by atoms with E-state index in [-0.39, 0.29) is 11.0 Å². The summed E-state index contributed by atoms with van der Waals surface area (Å²) >= 11 is 0. The van der Waals surface area contributed by atoms with E-state index in [2.05, 4.69) is 20.6 Å². The minimum Gasteiger partial charge on any atom is -0.334 e. The second-order valence-corrected chi connectivity index (χ2v) is 5.02. The van der Waals surface area contributed by atoms with Crippen molar-refractivity contribution in [1.82, 2.24) is 15.3 Å². The highest BCUT2D eigenvalue weighted by molar-refractivity contribution is 7.90. The van der Waals surface area contributed by atoms with Gasteiger partial charge in [0.25, 0.3) is 0 Å². The van der Waals surface area contributed by atoms with Gasteiger partial charge in [-0.05, 0) is 0 Å². The molecule has 8 heteroatoms. The molecule has 2 rings (SSSR count). The Morgan fingerprint density at radius 1 is 1.47 bits per heavy atom. The van der Waals surface area contributed by atoms with Gasteiger partial charge in [0, 0.05) is 24.6 Å². The second-order valence-electron chi connectivity index (χ2n) is 3.11. The van der Waals surface area contributed by atoms with Crippen molar-refractivity contribution in [2.24, 2.45) is 0 Å². The molecule has 1 aromatic rings. The first kappa shape index (κ1) is 9.84. The van der Waals surface area contributed by atoms with Crippen LogP contribution in [0.1, 0.15) is 5.56 Å². The van der Waals surface area contributed by atoms with Crippen LogP contribution in [-0.2, 0) is 16.4 Å². The van der Waals surface area contributed by atoms with Crippen molar-refractivity contribution in [3.8, 4) is 0 Å². The number of anilines is 1. The fourth-order valence-corrected chi connectivity index (χ4v) is 1.64. The molecule has 2 N–H and O–H groups in total. The van der Waals surface area contributed by atoms with E-state index in [0.29, 0.717) is 12.1 Å². The lowest BCUT2D eigenvalue weighted by Gasteiger charge is -2.16. The molecule has 1 aliphatic rings. The number of amides is 2. The lowest BCUT2D eigenvalue weighted by molar-refractivity contribution is 0.250. The van der Waals surface area contributed by atoms with E-state index < -0.39 is 15.9 Å². The third-order valence-corrected chi connectivity index (χ3v) is 2.71. The van der Waals surface area contributed by atoms with Crippen LogP contribution in [0.5, 0.6) is 0 Å². The van der Waals surface area contributed by atoms with E-state index in [1.807, 2.05) is 0 Å². The molecule has 0 saturated carbocycles. The second kappa shape index (κ2) is 3.16. The number of nitrogens with zero attached hydrogens (tertiary/aromatic N) is 2. The Morgan fingerprint density at radius 2 is 2.20 bits per heavy atom. The zero-order chi connectivity index (χ0) is 11.1. The van der Waals surface area contributed by atoms with Crippen LogP contribution in [0.2, 0.25) is 0 Å². The summed E-state index contributed by atoms with van der Waals surface area (Å²) in [5, 5.41) is 4.64. The number of carbonyl (C=O) groups is 1. The van der Waals surface area contributed by atoms with Crippen molar-refractivity contribution >= 4 is 21.7 Å². The predicted octanol–water partition coefficient (Wildman–Crippen LogP) is -0.485. The maximum atomic E-state index is 11.1. The summed E-state index contributed by atoms with van der Waals surface area (Å²) in [5.41, 5.74) is 0.655. The molecule has 15 heavy (non-hydrogen) atoms. The molecular formula is C7H8N4O3S. The quantitative estimate of drug-likeness (QED) is 0.632. The van der Waals surface area contributed by atoms with E-state index in [9.17, 15) is 13.2 Å². The molecule has 0 radical (unpaired) electrons. The molecule has 2 heterocycles. The summed E-state index contributed by atoms with van der Waals surface area (Å²) in [6, 6.07) is -0.402. The van der Waals surface area contributed by atoms with E-state index in [1.165, 1.54) is 6.20 Å². The van der Waals surface area contributed by atoms with Gasteiger partial charge in [0.2, 0.25) is 15.0 Å². The lowest BCUT2D eigenvalue weighted by Crippen LogP contribution is -2.34. The Labute approximate surface area is 85.8 Å². The Morgan fingerprint density at radius 3 is 2.87 bits per heavy atom. The van der Waals surface area contributed by atoms with Gasteiger partial charge in [-0.1, -0.05) is 0 Å². The number of nitrogens with one attached hydrogen (secondary N) is 2. The van der Waals surface area contributed by atoms with Gasteiger partial charge in [0.1, 0.15) is 5.82 Å². The molecule has 7 nitrogen and oxygen atoms in total. The van der Waals surface area contributed by atoms with Gasteiger partial charge in [0.05, 0.1) is 0 Å². The summed E-state index contributed by atoms with van der Waals surface area (Å²) in [5.74, 6) is 0.245. The average Bonchev–Trinajstić information content (AvgIpc) is 2.15. The molecule has 0 atom stereocenters. The maximum absolute atomic E-state index is 11.1. The summed E-state index contributed by atoms with van der Waals surface area (Å²) in [4.78, 5) is 18.4. The number of carbonyl (C=O) groups excluding carboxylic acids is 1. The Balaban J connectivity index is 2.50. The third kappa shape index (κ3) is 1.89. The summed E-state index contributed by atoms with van der Waals surface area (Å²) < 4.78 is 22.3. The first-order chi connectivity index (χ1) is 6.97. The molecule has 2 amide bonds. The number of sulfone groups is 1. The smallest absolute Gasteiger partial charge is 0.320 e. The summed E-state index contributed by atoms with van der Waals surface area (Å²) in [6.45, 7) is 0.297. The molecule has 0 spiro atoms. The molecule has 0 aromatic carbocycles. The van der Waals surface area contributed by atoms with Crippen LogP contribution >= 0.6 is 0 Å². The lowest BCUT2D eigenvalue weighted by atomic mass is 10.3. The molecule has 0 aliphatic carbocycles. The van der Waals surface area contributed by atoms with E-state index in [4.69, 9.17) is 0 Å². The fraction of sp³-hybridized carbons (Fsp3) is 0.286. The van der Waals surface area contributed by atoms with Crippen molar-refractivity contribution in [3.63, 3.8) is 0 Å². The summed E-state index contributed by atoms with van der Waals surface area (Å²) in [7, 11) is -3.45. The predicted molar refractivity (Wildman–Crippen MR) is 51.0 cm³/mol. The van der Waals surface area contributed by atoms with Crippen LogP contribution in [0.25, 0.3) is 0 Å². The van der Waals surface area contributed by atoms with Gasteiger partial charge < -0.3 is 5.32 Å². The zero-order valence-corrected chi connectivity index (χ0v) is 8.63. The third-order valence-electron chi connectivity index (χ3n) is 1.85. The number of hydrogen-bond acceptors (Lipinski definition) is 5. The molecule has 1 aliphatic heterocycles. The van der Waals surface area contributed by atoms with E-state index >= 15 is 0 Å². The minimum atomic E-state index is -3.45. The van der Waals surface area contributed by atoms with Crippen molar-refractivity contribution < 1.29 is 13.2 Å². The molecule has 0 fully saturated rings. The van der Waals surface area contributed by atoms with Gasteiger partial charge in [0.15, 0.2) is 0 Å². The topological polar surface area (TPSA) is 101 Å². The minimum absolute atomic E-state index is 0.245. The Kier molecular flexibility index (Phi) is 2.07. The van der Waals surface area contributed by atoms with Gasteiger partial charge in [-0.2, -0.15) is 0 Å². The molecule has 80 valence electrons. The van der Waals surface area contributed by atoms with Crippen LogP contribution in [0, 0.1) is 0 Å². The Hall–Kier alpha value is -1.70. The number of rotatable bonds is 1. The van der Waals surface area contributed by atoms with Crippen molar-refractivity contribution in [2.75, 3.05) is 11.6 Å². The van der Waals surface area contributed by atoms with Gasteiger partial charge in [-0.3, -0.25) is 5.32 Å². The normalized spacial score (nSPS) is 15.1. The van der Waals surface area contributed by atoms with Gasteiger partial charge >= 0.3 is 6.03 Å². The number of aromatic nitrogens is 2. The first-order valence-corrected chi connectivity index (χ1v) is 5.97. The monoisotopic (exact) mass is 228 g/mol. The molecule has 0 unspecified atom stereocenters. The van der Waals surface area contributed by atoms with E-state index in [0.717, 1.165) is 6.26 Å². The molecule has 0 bridgehead atoms. The highest BCUT2D eigenvalue weighted by atomic mass is 32.2.